The summed E-state index contributed by atoms with van der Waals surface area (Å²) in [5, 5.41) is 2.40. The van der Waals surface area contributed by atoms with Gasteiger partial charge in [0.25, 0.3) is 5.56 Å². The van der Waals surface area contributed by atoms with Gasteiger partial charge in [-0.05, 0) is 57.8 Å². The van der Waals surface area contributed by atoms with Gasteiger partial charge < -0.3 is 4.98 Å². The molecule has 0 aliphatic heterocycles. The van der Waals surface area contributed by atoms with E-state index in [1.807, 2.05) is 11.4 Å². The molecular weight excluding hydrogens is 368 g/mol. The number of thiophene rings is 1. The van der Waals surface area contributed by atoms with Gasteiger partial charge in [0, 0.05) is 9.50 Å². The van der Waals surface area contributed by atoms with E-state index < -0.39 is 0 Å². The summed E-state index contributed by atoms with van der Waals surface area (Å²) in [5.41, 5.74) is 1.25. The Labute approximate surface area is 130 Å². The van der Waals surface area contributed by atoms with Gasteiger partial charge in [0.15, 0.2) is 4.77 Å². The van der Waals surface area contributed by atoms with Gasteiger partial charge in [-0.25, -0.2) is 0 Å². The van der Waals surface area contributed by atoms with Crippen LogP contribution in [0.4, 0.5) is 0 Å². The van der Waals surface area contributed by atoms with E-state index >= 15 is 0 Å². The third-order valence-corrected chi connectivity index (χ3v) is 4.75. The van der Waals surface area contributed by atoms with E-state index in [4.69, 9.17) is 23.8 Å². The number of hydrogen-bond donors (Lipinski definition) is 1. The Kier molecular flexibility index (Phi) is 3.34. The van der Waals surface area contributed by atoms with Gasteiger partial charge in [-0.1, -0.05) is 11.6 Å². The average Bonchev–Trinajstić information content (AvgIpc) is 2.82. The number of benzene rings is 1. The number of H-pyrrole nitrogens is 1. The molecule has 0 aliphatic carbocycles. The summed E-state index contributed by atoms with van der Waals surface area (Å²) in [5.74, 6) is 0. The first-order valence-corrected chi connectivity index (χ1v) is 7.72. The van der Waals surface area contributed by atoms with Crippen LogP contribution < -0.4 is 5.56 Å². The normalized spacial score (nSPS) is 11.1. The molecule has 0 fully saturated rings. The van der Waals surface area contributed by atoms with Gasteiger partial charge in [-0.15, -0.1) is 11.3 Å². The lowest BCUT2D eigenvalue weighted by Crippen LogP contribution is -2.19. The molecule has 0 unspecified atom stereocenters. The monoisotopic (exact) mass is 372 g/mol. The number of halogens is 2. The Morgan fingerprint density at radius 2 is 2.16 bits per heavy atom. The molecule has 0 saturated heterocycles. The minimum absolute atomic E-state index is 0.142. The van der Waals surface area contributed by atoms with Gasteiger partial charge in [0.1, 0.15) is 4.70 Å². The summed E-state index contributed by atoms with van der Waals surface area (Å²) in [6.07, 6.45) is 0. The molecule has 0 spiro atoms. The molecule has 1 N–H and O–H groups in total. The quantitative estimate of drug-likeness (QED) is 0.637. The van der Waals surface area contributed by atoms with Crippen LogP contribution in [0.25, 0.3) is 15.9 Å². The van der Waals surface area contributed by atoms with Crippen molar-refractivity contribution in [2.75, 3.05) is 0 Å². The number of hydrogen-bond acceptors (Lipinski definition) is 3. The first-order chi connectivity index (χ1) is 9.08. The molecule has 2 heterocycles. The van der Waals surface area contributed by atoms with Gasteiger partial charge >= 0.3 is 0 Å². The molecule has 3 aromatic rings. The fourth-order valence-electron chi connectivity index (χ4n) is 1.81. The van der Waals surface area contributed by atoms with E-state index in [1.165, 1.54) is 15.9 Å². The number of aromatic nitrogens is 2. The summed E-state index contributed by atoms with van der Waals surface area (Å²) in [7, 11) is 0. The van der Waals surface area contributed by atoms with E-state index in [-0.39, 0.29) is 5.56 Å². The molecular formula is C12H6BrClN2OS2. The highest BCUT2D eigenvalue weighted by molar-refractivity contribution is 9.10. The minimum atomic E-state index is -0.142. The van der Waals surface area contributed by atoms with Crippen LogP contribution in [0.5, 0.6) is 0 Å². The predicted octanol–water partition coefficient (Wildman–Crippen LogP) is 4.53. The molecule has 0 bridgehead atoms. The van der Waals surface area contributed by atoms with Crippen molar-refractivity contribution in [1.29, 1.82) is 0 Å². The number of nitrogens with zero attached hydrogens (tertiary/aromatic N) is 1. The Morgan fingerprint density at radius 3 is 2.95 bits per heavy atom. The lowest BCUT2D eigenvalue weighted by Gasteiger charge is -2.09. The lowest BCUT2D eigenvalue weighted by atomic mass is 10.3. The SMILES string of the molecule is O=c1c2sccc2[nH]c(=S)n1-c1cc(Cl)ccc1Br. The van der Waals surface area contributed by atoms with Gasteiger partial charge in [0.2, 0.25) is 0 Å². The number of nitrogens with one attached hydrogen (secondary N) is 1. The van der Waals surface area contributed by atoms with Crippen molar-refractivity contribution in [3.8, 4) is 5.69 Å². The number of fused-ring (bicyclic) bond motifs is 1. The van der Waals surface area contributed by atoms with Crippen LogP contribution in [0.2, 0.25) is 5.02 Å². The highest BCUT2D eigenvalue weighted by Gasteiger charge is 2.11. The zero-order valence-corrected chi connectivity index (χ0v) is 13.3. The van der Waals surface area contributed by atoms with Crippen molar-refractivity contribution >= 4 is 61.3 Å². The van der Waals surface area contributed by atoms with Crippen molar-refractivity contribution < 1.29 is 0 Å². The van der Waals surface area contributed by atoms with Crippen molar-refractivity contribution in [1.82, 2.24) is 9.55 Å². The molecule has 2 aromatic heterocycles. The second kappa shape index (κ2) is 4.86. The second-order valence-electron chi connectivity index (χ2n) is 3.83. The highest BCUT2D eigenvalue weighted by Crippen LogP contribution is 2.25. The standard InChI is InChI=1S/C12H6BrClN2OS2/c13-7-2-1-6(14)5-9(7)16-11(17)10-8(3-4-19-10)15-12(16)18/h1-5H,(H,15,18). The van der Waals surface area contributed by atoms with Crippen LogP contribution in [-0.4, -0.2) is 9.55 Å². The Balaban J connectivity index is 2.46. The maximum absolute atomic E-state index is 12.5. The Morgan fingerprint density at radius 1 is 1.37 bits per heavy atom. The van der Waals surface area contributed by atoms with Crippen LogP contribution >= 0.6 is 51.1 Å². The van der Waals surface area contributed by atoms with Crippen LogP contribution in [0, 0.1) is 4.77 Å². The zero-order chi connectivity index (χ0) is 13.6. The average molecular weight is 374 g/mol. The van der Waals surface area contributed by atoms with Gasteiger partial charge in [-0.2, -0.15) is 0 Å². The maximum Gasteiger partial charge on any atom is 0.276 e. The van der Waals surface area contributed by atoms with Crippen LogP contribution in [-0.2, 0) is 0 Å². The van der Waals surface area contributed by atoms with Crippen molar-refractivity contribution in [3.05, 3.63) is 54.3 Å². The largest absolute Gasteiger partial charge is 0.331 e. The molecule has 1 aromatic carbocycles. The Bertz CT molecular complexity index is 897. The molecule has 96 valence electrons. The molecule has 7 heteroatoms. The maximum atomic E-state index is 12.5. The van der Waals surface area contributed by atoms with Crippen LogP contribution in [0.1, 0.15) is 0 Å². The fraction of sp³-hybridized carbons (Fsp3) is 0. The van der Waals surface area contributed by atoms with Crippen molar-refractivity contribution in [2.24, 2.45) is 0 Å². The third kappa shape index (κ3) is 2.18. The van der Waals surface area contributed by atoms with Crippen molar-refractivity contribution in [3.63, 3.8) is 0 Å². The second-order valence-corrected chi connectivity index (χ2v) is 6.42. The van der Waals surface area contributed by atoms with E-state index in [0.717, 1.165) is 9.99 Å². The minimum Gasteiger partial charge on any atom is -0.331 e. The molecule has 0 amide bonds. The summed E-state index contributed by atoms with van der Waals surface area (Å²) in [6, 6.07) is 7.08. The van der Waals surface area contributed by atoms with Crippen molar-refractivity contribution in [2.45, 2.75) is 0 Å². The van der Waals surface area contributed by atoms with E-state index in [2.05, 4.69) is 20.9 Å². The van der Waals surface area contributed by atoms with Gasteiger partial charge in [-0.3, -0.25) is 9.36 Å². The fourth-order valence-corrected chi connectivity index (χ4v) is 3.47. The topological polar surface area (TPSA) is 37.8 Å². The third-order valence-electron chi connectivity index (χ3n) is 2.66. The molecule has 0 aliphatic rings. The number of rotatable bonds is 1. The zero-order valence-electron chi connectivity index (χ0n) is 9.31. The smallest absolute Gasteiger partial charge is 0.276 e. The van der Waals surface area contributed by atoms with Crippen LogP contribution in [0.15, 0.2) is 38.9 Å². The molecule has 3 nitrogen and oxygen atoms in total. The van der Waals surface area contributed by atoms with E-state index in [0.29, 0.717) is 20.2 Å². The molecule has 3 rings (SSSR count). The van der Waals surface area contributed by atoms with E-state index in [1.54, 1.807) is 18.2 Å². The highest BCUT2D eigenvalue weighted by atomic mass is 79.9. The molecule has 0 atom stereocenters. The van der Waals surface area contributed by atoms with E-state index in [9.17, 15) is 4.79 Å². The summed E-state index contributed by atoms with van der Waals surface area (Å²) in [6.45, 7) is 0. The van der Waals surface area contributed by atoms with Gasteiger partial charge in [0.05, 0.1) is 11.2 Å². The molecule has 0 radical (unpaired) electrons. The first kappa shape index (κ1) is 13.1. The summed E-state index contributed by atoms with van der Waals surface area (Å²) >= 11 is 16.1. The molecule has 19 heavy (non-hydrogen) atoms. The first-order valence-electron chi connectivity index (χ1n) is 5.26. The lowest BCUT2D eigenvalue weighted by molar-refractivity contribution is 0.939. The van der Waals surface area contributed by atoms with Crippen LogP contribution in [0.3, 0.4) is 0 Å². The number of aromatic amines is 1. The molecule has 0 saturated carbocycles. The summed E-state index contributed by atoms with van der Waals surface area (Å²) < 4.78 is 3.19. The predicted molar refractivity (Wildman–Crippen MR) is 85.3 cm³/mol. The summed E-state index contributed by atoms with van der Waals surface area (Å²) in [4.78, 5) is 15.5. The Hall–Kier alpha value is -0.950.